The highest BCUT2D eigenvalue weighted by Crippen LogP contribution is 2.34. The number of rotatable bonds is 2. The molecule has 0 spiro atoms. The summed E-state index contributed by atoms with van der Waals surface area (Å²) in [5, 5.41) is 7.81. The van der Waals surface area contributed by atoms with Gasteiger partial charge in [0.1, 0.15) is 5.82 Å². The Morgan fingerprint density at radius 3 is 3.11 bits per heavy atom. The minimum absolute atomic E-state index is 0.233. The van der Waals surface area contributed by atoms with Gasteiger partial charge in [0.05, 0.1) is 12.2 Å². The van der Waals surface area contributed by atoms with Crippen molar-refractivity contribution in [3.05, 3.63) is 45.9 Å². The zero-order valence-corrected chi connectivity index (χ0v) is 12.2. The van der Waals surface area contributed by atoms with Gasteiger partial charge in [-0.2, -0.15) is 5.10 Å². The van der Waals surface area contributed by atoms with Crippen molar-refractivity contribution < 1.29 is 4.39 Å². The van der Waals surface area contributed by atoms with E-state index in [0.717, 1.165) is 29.4 Å². The van der Waals surface area contributed by atoms with Gasteiger partial charge in [-0.1, -0.05) is 0 Å². The molecule has 1 unspecified atom stereocenters. The first-order valence-electron chi connectivity index (χ1n) is 6.37. The fourth-order valence-corrected chi connectivity index (χ4v) is 3.12. The van der Waals surface area contributed by atoms with Gasteiger partial charge in [0.2, 0.25) is 0 Å². The fraction of sp³-hybridized carbons (Fsp3) is 0.357. The van der Waals surface area contributed by atoms with Gasteiger partial charge in [-0.05, 0) is 53.4 Å². The molecule has 0 aliphatic heterocycles. The lowest BCUT2D eigenvalue weighted by Crippen LogP contribution is -2.18. The number of aryl methyl sites for hydroxylation is 1. The molecule has 0 radical (unpaired) electrons. The molecule has 5 heteroatoms. The summed E-state index contributed by atoms with van der Waals surface area (Å²) in [6.45, 7) is 0. The minimum atomic E-state index is -0.233. The van der Waals surface area contributed by atoms with Gasteiger partial charge in [-0.25, -0.2) is 4.39 Å². The molecule has 1 aliphatic carbocycles. The number of hydrogen-bond acceptors (Lipinski definition) is 2. The average molecular weight is 324 g/mol. The van der Waals surface area contributed by atoms with Crippen LogP contribution in [0, 0.1) is 5.82 Å². The van der Waals surface area contributed by atoms with Crippen LogP contribution >= 0.6 is 15.9 Å². The zero-order chi connectivity index (χ0) is 13.4. The summed E-state index contributed by atoms with van der Waals surface area (Å²) in [6.07, 6.45) is 5.23. The number of nitrogens with zero attached hydrogens (tertiary/aromatic N) is 2. The zero-order valence-electron chi connectivity index (χ0n) is 10.7. The van der Waals surface area contributed by atoms with Gasteiger partial charge in [0.15, 0.2) is 0 Å². The molecule has 0 saturated heterocycles. The lowest BCUT2D eigenvalue weighted by Gasteiger charge is -2.25. The monoisotopic (exact) mass is 323 g/mol. The Morgan fingerprint density at radius 1 is 1.47 bits per heavy atom. The molecular formula is C14H15BrFN3. The minimum Gasteiger partial charge on any atom is -0.377 e. The molecule has 1 aliphatic rings. The van der Waals surface area contributed by atoms with Crippen molar-refractivity contribution in [2.24, 2.45) is 7.05 Å². The van der Waals surface area contributed by atoms with Crippen molar-refractivity contribution in [1.29, 1.82) is 0 Å². The topological polar surface area (TPSA) is 29.9 Å². The Labute approximate surface area is 119 Å². The van der Waals surface area contributed by atoms with Gasteiger partial charge in [-0.15, -0.1) is 0 Å². The highest BCUT2D eigenvalue weighted by molar-refractivity contribution is 9.10. The largest absolute Gasteiger partial charge is 0.377 e. The Kier molecular flexibility index (Phi) is 3.31. The average Bonchev–Trinajstić information content (AvgIpc) is 2.76. The van der Waals surface area contributed by atoms with Crippen molar-refractivity contribution in [1.82, 2.24) is 9.78 Å². The van der Waals surface area contributed by atoms with Gasteiger partial charge in [0.25, 0.3) is 0 Å². The molecule has 2 aromatic rings. The Bertz CT molecular complexity index is 609. The maximum absolute atomic E-state index is 13.1. The molecule has 1 heterocycles. The smallest absolute Gasteiger partial charge is 0.124 e. The second-order valence-electron chi connectivity index (χ2n) is 4.88. The van der Waals surface area contributed by atoms with Crippen LogP contribution in [0.15, 0.2) is 28.9 Å². The molecule has 0 saturated carbocycles. The van der Waals surface area contributed by atoms with Crippen LogP contribution in [-0.4, -0.2) is 9.78 Å². The molecule has 1 N–H and O–H groups in total. The van der Waals surface area contributed by atoms with E-state index in [2.05, 4.69) is 26.3 Å². The number of anilines is 1. The number of hydrogen-bond donors (Lipinski definition) is 1. The third kappa shape index (κ3) is 2.39. The summed E-state index contributed by atoms with van der Waals surface area (Å²) in [5.74, 6) is -0.233. The first kappa shape index (κ1) is 12.7. The summed E-state index contributed by atoms with van der Waals surface area (Å²) >= 11 is 3.40. The van der Waals surface area contributed by atoms with E-state index in [-0.39, 0.29) is 11.9 Å². The molecule has 3 nitrogen and oxygen atoms in total. The van der Waals surface area contributed by atoms with E-state index in [1.165, 1.54) is 23.4 Å². The van der Waals surface area contributed by atoms with Crippen LogP contribution in [0.25, 0.3) is 0 Å². The van der Waals surface area contributed by atoms with Crippen LogP contribution in [0.2, 0.25) is 0 Å². The normalized spacial score (nSPS) is 18.2. The third-order valence-electron chi connectivity index (χ3n) is 3.64. The SMILES string of the molecule is Cn1ncc2c1CCCC2Nc1ccc(F)cc1Br. The Hall–Kier alpha value is -1.36. The quantitative estimate of drug-likeness (QED) is 0.910. The van der Waals surface area contributed by atoms with Crippen LogP contribution < -0.4 is 5.32 Å². The molecule has 1 aromatic heterocycles. The summed E-state index contributed by atoms with van der Waals surface area (Å²) in [6, 6.07) is 4.97. The van der Waals surface area contributed by atoms with Crippen molar-refractivity contribution in [2.45, 2.75) is 25.3 Å². The maximum Gasteiger partial charge on any atom is 0.124 e. The third-order valence-corrected chi connectivity index (χ3v) is 4.29. The van der Waals surface area contributed by atoms with Crippen LogP contribution in [-0.2, 0) is 13.5 Å². The van der Waals surface area contributed by atoms with E-state index in [0.29, 0.717) is 0 Å². The predicted octanol–water partition coefficient (Wildman–Crippen LogP) is 3.81. The Morgan fingerprint density at radius 2 is 2.32 bits per heavy atom. The second-order valence-corrected chi connectivity index (χ2v) is 5.74. The van der Waals surface area contributed by atoms with Crippen LogP contribution in [0.4, 0.5) is 10.1 Å². The Balaban J connectivity index is 1.88. The molecule has 100 valence electrons. The van der Waals surface area contributed by atoms with Crippen molar-refractivity contribution in [2.75, 3.05) is 5.32 Å². The standard InChI is InChI=1S/C14H15BrFN3/c1-19-14-4-2-3-12(10(14)8-17-19)18-13-6-5-9(16)7-11(13)15/h5-8,12,18H,2-4H2,1H3. The first-order valence-corrected chi connectivity index (χ1v) is 7.17. The second kappa shape index (κ2) is 4.96. The van der Waals surface area contributed by atoms with Gasteiger partial charge in [-0.3, -0.25) is 4.68 Å². The summed E-state index contributed by atoms with van der Waals surface area (Å²) in [4.78, 5) is 0. The van der Waals surface area contributed by atoms with Gasteiger partial charge in [0, 0.05) is 28.5 Å². The lowest BCUT2D eigenvalue weighted by molar-refractivity contribution is 0.571. The lowest BCUT2D eigenvalue weighted by atomic mass is 9.93. The summed E-state index contributed by atoms with van der Waals surface area (Å²) in [5.41, 5.74) is 3.47. The van der Waals surface area contributed by atoms with Gasteiger partial charge < -0.3 is 5.32 Å². The first-order chi connectivity index (χ1) is 9.15. The molecule has 1 atom stereocenters. The maximum atomic E-state index is 13.1. The molecule has 19 heavy (non-hydrogen) atoms. The molecule has 0 bridgehead atoms. The number of nitrogens with one attached hydrogen (secondary N) is 1. The van der Waals surface area contributed by atoms with Gasteiger partial charge >= 0.3 is 0 Å². The molecule has 1 aromatic carbocycles. The number of benzene rings is 1. The van der Waals surface area contributed by atoms with Crippen molar-refractivity contribution >= 4 is 21.6 Å². The van der Waals surface area contributed by atoms with Crippen molar-refractivity contribution in [3.8, 4) is 0 Å². The van der Waals surface area contributed by atoms with Crippen molar-refractivity contribution in [3.63, 3.8) is 0 Å². The number of halogens is 2. The fourth-order valence-electron chi connectivity index (χ4n) is 2.65. The van der Waals surface area contributed by atoms with E-state index in [9.17, 15) is 4.39 Å². The van der Waals surface area contributed by atoms with E-state index in [1.807, 2.05) is 17.9 Å². The van der Waals surface area contributed by atoms with Crippen LogP contribution in [0.5, 0.6) is 0 Å². The molecular weight excluding hydrogens is 309 g/mol. The van der Waals surface area contributed by atoms with E-state index in [1.54, 1.807) is 6.07 Å². The number of aromatic nitrogens is 2. The van der Waals surface area contributed by atoms with Crippen LogP contribution in [0.1, 0.15) is 30.1 Å². The molecule has 0 fully saturated rings. The highest BCUT2D eigenvalue weighted by Gasteiger charge is 2.23. The van der Waals surface area contributed by atoms with E-state index in [4.69, 9.17) is 0 Å². The summed E-state index contributed by atoms with van der Waals surface area (Å²) in [7, 11) is 1.98. The highest BCUT2D eigenvalue weighted by atomic mass is 79.9. The molecule has 0 amide bonds. The number of fused-ring (bicyclic) bond motifs is 1. The van der Waals surface area contributed by atoms with E-state index >= 15 is 0 Å². The molecule has 3 rings (SSSR count). The van der Waals surface area contributed by atoms with E-state index < -0.39 is 0 Å². The summed E-state index contributed by atoms with van der Waals surface area (Å²) < 4.78 is 15.8. The van der Waals surface area contributed by atoms with Crippen LogP contribution in [0.3, 0.4) is 0 Å². The predicted molar refractivity (Wildman–Crippen MR) is 76.6 cm³/mol.